The van der Waals surface area contributed by atoms with Gasteiger partial charge in [-0.3, -0.25) is 4.31 Å². The highest BCUT2D eigenvalue weighted by Gasteiger charge is 2.13. The molecule has 14 heavy (non-hydrogen) atoms. The van der Waals surface area contributed by atoms with Crippen LogP contribution in [0.3, 0.4) is 0 Å². The average molecular weight is 219 g/mol. The maximum atomic E-state index is 11.5. The molecule has 0 radical (unpaired) electrons. The summed E-state index contributed by atoms with van der Waals surface area (Å²) in [6.45, 7) is 7.46. The maximum absolute atomic E-state index is 11.5. The Kier molecular flexibility index (Phi) is 8.94. The van der Waals surface area contributed by atoms with Crippen molar-refractivity contribution in [2.75, 3.05) is 18.9 Å². The van der Waals surface area contributed by atoms with E-state index in [1.54, 1.807) is 4.31 Å². The van der Waals surface area contributed by atoms with Gasteiger partial charge in [0.05, 0.1) is 6.61 Å². The van der Waals surface area contributed by atoms with Crippen LogP contribution in [0.1, 0.15) is 40.0 Å². The first kappa shape index (κ1) is 13.6. The number of hydrogen-bond donors (Lipinski definition) is 0. The SMILES string of the molecule is CCCCN(SCC)C(=O)OCCC. The summed E-state index contributed by atoms with van der Waals surface area (Å²) in [7, 11) is 0. The van der Waals surface area contributed by atoms with E-state index in [2.05, 4.69) is 6.92 Å². The van der Waals surface area contributed by atoms with E-state index in [1.165, 1.54) is 11.9 Å². The summed E-state index contributed by atoms with van der Waals surface area (Å²) >= 11 is 1.53. The first-order valence-electron chi connectivity index (χ1n) is 5.33. The molecule has 4 heteroatoms. The van der Waals surface area contributed by atoms with Crippen LogP contribution in [-0.2, 0) is 4.74 Å². The van der Waals surface area contributed by atoms with E-state index < -0.39 is 0 Å². The molecule has 0 aliphatic rings. The highest BCUT2D eigenvalue weighted by molar-refractivity contribution is 7.97. The maximum Gasteiger partial charge on any atom is 0.419 e. The Hall–Kier alpha value is -0.380. The fourth-order valence-electron chi connectivity index (χ4n) is 0.927. The Balaban J connectivity index is 3.84. The van der Waals surface area contributed by atoms with Gasteiger partial charge >= 0.3 is 6.09 Å². The van der Waals surface area contributed by atoms with Crippen molar-refractivity contribution in [1.29, 1.82) is 0 Å². The van der Waals surface area contributed by atoms with Gasteiger partial charge in [-0.05, 0) is 24.8 Å². The van der Waals surface area contributed by atoms with Crippen LogP contribution < -0.4 is 0 Å². The molecule has 0 aromatic carbocycles. The molecule has 0 rings (SSSR count). The van der Waals surface area contributed by atoms with Crippen molar-refractivity contribution in [2.45, 2.75) is 40.0 Å². The summed E-state index contributed by atoms with van der Waals surface area (Å²) in [4.78, 5) is 11.5. The number of ether oxygens (including phenoxy) is 1. The van der Waals surface area contributed by atoms with E-state index >= 15 is 0 Å². The van der Waals surface area contributed by atoms with Crippen LogP contribution in [0.25, 0.3) is 0 Å². The second kappa shape index (κ2) is 9.19. The molecule has 1 amide bonds. The van der Waals surface area contributed by atoms with Crippen molar-refractivity contribution in [1.82, 2.24) is 4.31 Å². The molecule has 0 aliphatic heterocycles. The summed E-state index contributed by atoms with van der Waals surface area (Å²) < 4.78 is 6.79. The first-order valence-corrected chi connectivity index (χ1v) is 6.27. The number of carbonyl (C=O) groups excluding carboxylic acids is 1. The lowest BCUT2D eigenvalue weighted by Crippen LogP contribution is -2.26. The Labute approximate surface area is 91.3 Å². The quantitative estimate of drug-likeness (QED) is 0.615. The normalized spacial score (nSPS) is 9.93. The van der Waals surface area contributed by atoms with E-state index in [0.29, 0.717) is 6.61 Å². The van der Waals surface area contributed by atoms with Crippen molar-refractivity contribution in [3.63, 3.8) is 0 Å². The molecule has 0 fully saturated rings. The largest absolute Gasteiger partial charge is 0.449 e. The van der Waals surface area contributed by atoms with Gasteiger partial charge in [0.25, 0.3) is 0 Å². The molecular formula is C10H21NO2S. The smallest absolute Gasteiger partial charge is 0.419 e. The minimum Gasteiger partial charge on any atom is -0.449 e. The molecular weight excluding hydrogens is 198 g/mol. The summed E-state index contributed by atoms with van der Waals surface area (Å²) in [5, 5.41) is 0. The molecule has 0 N–H and O–H groups in total. The van der Waals surface area contributed by atoms with Crippen LogP contribution in [0, 0.1) is 0 Å². The van der Waals surface area contributed by atoms with Gasteiger partial charge in [-0.15, -0.1) is 0 Å². The molecule has 0 aromatic heterocycles. The van der Waals surface area contributed by atoms with Gasteiger partial charge in [0.1, 0.15) is 0 Å². The van der Waals surface area contributed by atoms with Crippen LogP contribution in [0.5, 0.6) is 0 Å². The van der Waals surface area contributed by atoms with Crippen LogP contribution in [0.15, 0.2) is 0 Å². The highest BCUT2D eigenvalue weighted by atomic mass is 32.2. The zero-order valence-electron chi connectivity index (χ0n) is 9.41. The van der Waals surface area contributed by atoms with Gasteiger partial charge in [0.15, 0.2) is 0 Å². The van der Waals surface area contributed by atoms with Gasteiger partial charge in [0.2, 0.25) is 0 Å². The lowest BCUT2D eigenvalue weighted by Gasteiger charge is -2.19. The van der Waals surface area contributed by atoms with Gasteiger partial charge in [0, 0.05) is 12.3 Å². The van der Waals surface area contributed by atoms with E-state index in [9.17, 15) is 4.79 Å². The molecule has 0 saturated carbocycles. The Morgan fingerprint density at radius 1 is 1.29 bits per heavy atom. The lowest BCUT2D eigenvalue weighted by molar-refractivity contribution is 0.128. The van der Waals surface area contributed by atoms with Crippen molar-refractivity contribution < 1.29 is 9.53 Å². The number of rotatable bonds is 7. The van der Waals surface area contributed by atoms with Crippen LogP contribution in [0.4, 0.5) is 4.79 Å². The zero-order chi connectivity index (χ0) is 10.8. The van der Waals surface area contributed by atoms with E-state index in [4.69, 9.17) is 4.74 Å². The predicted molar refractivity (Wildman–Crippen MR) is 61.4 cm³/mol. The Morgan fingerprint density at radius 3 is 2.50 bits per heavy atom. The fourth-order valence-corrected chi connectivity index (χ4v) is 1.66. The molecule has 0 aliphatic carbocycles. The van der Waals surface area contributed by atoms with Crippen LogP contribution in [0.2, 0.25) is 0 Å². The molecule has 0 spiro atoms. The van der Waals surface area contributed by atoms with E-state index in [-0.39, 0.29) is 6.09 Å². The van der Waals surface area contributed by atoms with Gasteiger partial charge in [-0.25, -0.2) is 4.79 Å². The number of hydrogen-bond acceptors (Lipinski definition) is 3. The molecule has 3 nitrogen and oxygen atoms in total. The standard InChI is InChI=1S/C10H21NO2S/c1-4-7-8-11(14-6-3)10(12)13-9-5-2/h4-9H2,1-3H3. The van der Waals surface area contributed by atoms with Gasteiger partial charge in [-0.2, -0.15) is 0 Å². The monoisotopic (exact) mass is 219 g/mol. The third-order valence-corrected chi connectivity index (χ3v) is 2.53. The summed E-state index contributed by atoms with van der Waals surface area (Å²) in [5.41, 5.74) is 0. The molecule has 0 heterocycles. The second-order valence-corrected chi connectivity index (χ2v) is 4.26. The number of amides is 1. The van der Waals surface area contributed by atoms with Gasteiger partial charge in [-0.1, -0.05) is 27.2 Å². The van der Waals surface area contributed by atoms with Crippen molar-refractivity contribution in [3.8, 4) is 0 Å². The minimum atomic E-state index is -0.188. The molecule has 84 valence electrons. The Bertz CT molecular complexity index is 153. The zero-order valence-corrected chi connectivity index (χ0v) is 10.2. The minimum absolute atomic E-state index is 0.188. The molecule has 0 saturated heterocycles. The molecule has 0 bridgehead atoms. The summed E-state index contributed by atoms with van der Waals surface area (Å²) in [5.74, 6) is 0.908. The lowest BCUT2D eigenvalue weighted by atomic mass is 10.3. The number of nitrogens with zero attached hydrogens (tertiary/aromatic N) is 1. The van der Waals surface area contributed by atoms with E-state index in [0.717, 1.165) is 31.6 Å². The highest BCUT2D eigenvalue weighted by Crippen LogP contribution is 2.12. The topological polar surface area (TPSA) is 29.5 Å². The first-order chi connectivity index (χ1) is 6.76. The third-order valence-electron chi connectivity index (χ3n) is 1.63. The van der Waals surface area contributed by atoms with Crippen molar-refractivity contribution in [3.05, 3.63) is 0 Å². The predicted octanol–water partition coefficient (Wildman–Crippen LogP) is 3.30. The average Bonchev–Trinajstić information content (AvgIpc) is 2.20. The molecule has 0 aromatic rings. The van der Waals surface area contributed by atoms with Crippen molar-refractivity contribution in [2.24, 2.45) is 0 Å². The number of unbranched alkanes of at least 4 members (excludes halogenated alkanes) is 1. The summed E-state index contributed by atoms with van der Waals surface area (Å²) in [6, 6.07) is 0. The van der Waals surface area contributed by atoms with Crippen LogP contribution in [-0.4, -0.2) is 29.3 Å². The van der Waals surface area contributed by atoms with Crippen molar-refractivity contribution >= 4 is 18.0 Å². The Morgan fingerprint density at radius 2 is 2.00 bits per heavy atom. The van der Waals surface area contributed by atoms with Gasteiger partial charge < -0.3 is 4.74 Å². The van der Waals surface area contributed by atoms with E-state index in [1.807, 2.05) is 13.8 Å². The fraction of sp³-hybridized carbons (Fsp3) is 0.900. The second-order valence-electron chi connectivity index (χ2n) is 2.99. The van der Waals surface area contributed by atoms with Crippen LogP contribution >= 0.6 is 11.9 Å². The molecule has 0 atom stereocenters. The third kappa shape index (κ3) is 6.13. The summed E-state index contributed by atoms with van der Waals surface area (Å²) in [6.07, 6.45) is 2.83. The number of carbonyl (C=O) groups is 1. The molecule has 0 unspecified atom stereocenters.